The van der Waals surface area contributed by atoms with E-state index in [2.05, 4.69) is 34.1 Å². The molecule has 2 aromatic rings. The lowest BCUT2D eigenvalue weighted by Crippen LogP contribution is -2.48. The van der Waals surface area contributed by atoms with Crippen molar-refractivity contribution in [3.8, 4) is 0 Å². The first-order valence-electron chi connectivity index (χ1n) is 7.47. The van der Waals surface area contributed by atoms with E-state index in [0.29, 0.717) is 6.42 Å². The summed E-state index contributed by atoms with van der Waals surface area (Å²) in [5.74, 6) is 0.219. The fourth-order valence-corrected chi connectivity index (χ4v) is 2.75. The number of hydrogen-bond acceptors (Lipinski definition) is 2. The van der Waals surface area contributed by atoms with E-state index in [9.17, 15) is 4.79 Å². The predicted molar refractivity (Wildman–Crippen MR) is 82.8 cm³/mol. The van der Waals surface area contributed by atoms with E-state index >= 15 is 0 Å². The lowest BCUT2D eigenvalue weighted by molar-refractivity contribution is -0.132. The van der Waals surface area contributed by atoms with Gasteiger partial charge in [0.15, 0.2) is 0 Å². The molecule has 1 fully saturated rings. The van der Waals surface area contributed by atoms with E-state index in [1.165, 1.54) is 5.56 Å². The first-order chi connectivity index (χ1) is 10.3. The summed E-state index contributed by atoms with van der Waals surface area (Å²) in [5, 5.41) is 0. The van der Waals surface area contributed by atoms with Gasteiger partial charge in [-0.05, 0) is 17.7 Å². The minimum Gasteiger partial charge on any atom is -0.365 e. The van der Waals surface area contributed by atoms with Crippen molar-refractivity contribution in [2.75, 3.05) is 26.2 Å². The Morgan fingerprint density at radius 2 is 1.76 bits per heavy atom. The summed E-state index contributed by atoms with van der Waals surface area (Å²) >= 11 is 0. The van der Waals surface area contributed by atoms with E-state index in [1.54, 1.807) is 0 Å². The molecule has 0 radical (unpaired) electrons. The van der Waals surface area contributed by atoms with Gasteiger partial charge in [-0.15, -0.1) is 0 Å². The molecule has 1 aromatic heterocycles. The van der Waals surface area contributed by atoms with Crippen molar-refractivity contribution in [3.05, 3.63) is 59.9 Å². The number of aromatic amines is 1. The van der Waals surface area contributed by atoms with Crippen molar-refractivity contribution >= 4 is 5.91 Å². The summed E-state index contributed by atoms with van der Waals surface area (Å²) in [7, 11) is 0. The summed E-state index contributed by atoms with van der Waals surface area (Å²) < 4.78 is 0. The standard InChI is InChI=1S/C17H21N3O/c21-17(13-16-7-4-8-18-16)20-11-9-19(10-12-20)14-15-5-2-1-3-6-15/h1-8,18H,9-14H2. The predicted octanol–water partition coefficient (Wildman–Crippen LogP) is 1.90. The molecule has 4 nitrogen and oxygen atoms in total. The van der Waals surface area contributed by atoms with Gasteiger partial charge in [-0.1, -0.05) is 30.3 Å². The van der Waals surface area contributed by atoms with Gasteiger partial charge in [0.25, 0.3) is 0 Å². The minimum atomic E-state index is 0.219. The molecule has 4 heteroatoms. The average molecular weight is 283 g/mol. The molecule has 0 bridgehead atoms. The fourth-order valence-electron chi connectivity index (χ4n) is 2.75. The second-order valence-electron chi connectivity index (χ2n) is 5.51. The molecule has 0 aliphatic carbocycles. The van der Waals surface area contributed by atoms with Crippen LogP contribution in [0.2, 0.25) is 0 Å². The topological polar surface area (TPSA) is 39.3 Å². The SMILES string of the molecule is O=C(Cc1ccc[nH]1)N1CCN(Cc2ccccc2)CC1. The molecule has 0 unspecified atom stereocenters. The zero-order valence-corrected chi connectivity index (χ0v) is 12.2. The Labute approximate surface area is 125 Å². The third-order valence-corrected chi connectivity index (χ3v) is 3.98. The smallest absolute Gasteiger partial charge is 0.228 e. The molecule has 0 spiro atoms. The second kappa shape index (κ2) is 6.59. The first kappa shape index (κ1) is 13.9. The Kier molecular flexibility index (Phi) is 4.36. The van der Waals surface area contributed by atoms with Gasteiger partial charge < -0.3 is 9.88 Å². The highest BCUT2D eigenvalue weighted by molar-refractivity contribution is 5.78. The fraction of sp³-hybridized carbons (Fsp3) is 0.353. The highest BCUT2D eigenvalue weighted by Crippen LogP contribution is 2.09. The van der Waals surface area contributed by atoms with Gasteiger partial charge in [0.05, 0.1) is 6.42 Å². The van der Waals surface area contributed by atoms with Gasteiger partial charge in [-0.3, -0.25) is 9.69 Å². The molecule has 21 heavy (non-hydrogen) atoms. The van der Waals surface area contributed by atoms with Crippen LogP contribution in [0.3, 0.4) is 0 Å². The van der Waals surface area contributed by atoms with Gasteiger partial charge in [0.1, 0.15) is 0 Å². The summed E-state index contributed by atoms with van der Waals surface area (Å²) in [6, 6.07) is 14.4. The number of carbonyl (C=O) groups is 1. The Morgan fingerprint density at radius 1 is 1.00 bits per heavy atom. The Morgan fingerprint density at radius 3 is 2.43 bits per heavy atom. The van der Waals surface area contributed by atoms with Crippen molar-refractivity contribution < 1.29 is 4.79 Å². The third-order valence-electron chi connectivity index (χ3n) is 3.98. The maximum atomic E-state index is 12.2. The molecular formula is C17H21N3O. The van der Waals surface area contributed by atoms with Crippen molar-refractivity contribution in [2.24, 2.45) is 0 Å². The molecule has 110 valence electrons. The molecule has 1 aliphatic rings. The number of nitrogens with one attached hydrogen (secondary N) is 1. The van der Waals surface area contributed by atoms with Gasteiger partial charge in [0, 0.05) is 44.6 Å². The zero-order valence-electron chi connectivity index (χ0n) is 12.2. The Bertz CT molecular complexity index is 557. The van der Waals surface area contributed by atoms with Crippen LogP contribution in [0.4, 0.5) is 0 Å². The first-order valence-corrected chi connectivity index (χ1v) is 7.47. The molecule has 0 saturated carbocycles. The second-order valence-corrected chi connectivity index (χ2v) is 5.51. The van der Waals surface area contributed by atoms with Gasteiger partial charge in [0.2, 0.25) is 5.91 Å². The van der Waals surface area contributed by atoms with Crippen LogP contribution in [0.25, 0.3) is 0 Å². The monoisotopic (exact) mass is 283 g/mol. The Balaban J connectivity index is 1.47. The van der Waals surface area contributed by atoms with Crippen LogP contribution in [-0.4, -0.2) is 46.9 Å². The lowest BCUT2D eigenvalue weighted by Gasteiger charge is -2.34. The van der Waals surface area contributed by atoms with E-state index in [1.807, 2.05) is 29.3 Å². The van der Waals surface area contributed by atoms with E-state index < -0.39 is 0 Å². The molecule has 0 atom stereocenters. The van der Waals surface area contributed by atoms with Crippen LogP contribution in [-0.2, 0) is 17.8 Å². The maximum Gasteiger partial charge on any atom is 0.228 e. The molecule has 1 aliphatic heterocycles. The number of aromatic nitrogens is 1. The van der Waals surface area contributed by atoms with Crippen molar-refractivity contribution in [3.63, 3.8) is 0 Å². The van der Waals surface area contributed by atoms with Gasteiger partial charge in [-0.25, -0.2) is 0 Å². The van der Waals surface area contributed by atoms with Gasteiger partial charge >= 0.3 is 0 Å². The summed E-state index contributed by atoms with van der Waals surface area (Å²) in [5.41, 5.74) is 2.33. The number of benzene rings is 1. The minimum absolute atomic E-state index is 0.219. The molecule has 1 N–H and O–H groups in total. The van der Waals surface area contributed by atoms with E-state index in [0.717, 1.165) is 38.4 Å². The number of amides is 1. The molecule has 3 rings (SSSR count). The number of H-pyrrole nitrogens is 1. The lowest BCUT2D eigenvalue weighted by atomic mass is 10.2. The van der Waals surface area contributed by atoms with Gasteiger partial charge in [-0.2, -0.15) is 0 Å². The van der Waals surface area contributed by atoms with Crippen LogP contribution in [0, 0.1) is 0 Å². The zero-order chi connectivity index (χ0) is 14.5. The molecular weight excluding hydrogens is 262 g/mol. The summed E-state index contributed by atoms with van der Waals surface area (Å²) in [4.78, 5) is 19.7. The van der Waals surface area contributed by atoms with Crippen LogP contribution in [0.1, 0.15) is 11.3 Å². The third kappa shape index (κ3) is 3.73. The molecule has 2 heterocycles. The van der Waals surface area contributed by atoms with Crippen LogP contribution in [0.5, 0.6) is 0 Å². The number of carbonyl (C=O) groups excluding carboxylic acids is 1. The Hall–Kier alpha value is -2.07. The van der Waals surface area contributed by atoms with Crippen LogP contribution >= 0.6 is 0 Å². The highest BCUT2D eigenvalue weighted by Gasteiger charge is 2.21. The highest BCUT2D eigenvalue weighted by atomic mass is 16.2. The van der Waals surface area contributed by atoms with Crippen LogP contribution < -0.4 is 0 Å². The van der Waals surface area contributed by atoms with Crippen LogP contribution in [0.15, 0.2) is 48.7 Å². The average Bonchev–Trinajstić information content (AvgIpc) is 3.02. The molecule has 1 saturated heterocycles. The summed E-state index contributed by atoms with van der Waals surface area (Å²) in [6.45, 7) is 4.52. The summed E-state index contributed by atoms with van der Waals surface area (Å²) in [6.07, 6.45) is 2.34. The van der Waals surface area contributed by atoms with E-state index in [-0.39, 0.29) is 5.91 Å². The molecule has 1 aromatic carbocycles. The maximum absolute atomic E-state index is 12.2. The van der Waals surface area contributed by atoms with Crippen molar-refractivity contribution in [1.29, 1.82) is 0 Å². The van der Waals surface area contributed by atoms with Crippen molar-refractivity contribution in [1.82, 2.24) is 14.8 Å². The number of nitrogens with zero attached hydrogens (tertiary/aromatic N) is 2. The van der Waals surface area contributed by atoms with Crippen molar-refractivity contribution in [2.45, 2.75) is 13.0 Å². The number of hydrogen-bond donors (Lipinski definition) is 1. The number of piperazine rings is 1. The number of rotatable bonds is 4. The largest absolute Gasteiger partial charge is 0.365 e. The molecule has 1 amide bonds. The quantitative estimate of drug-likeness (QED) is 0.931. The normalized spacial score (nSPS) is 16.1. The van der Waals surface area contributed by atoms with E-state index in [4.69, 9.17) is 0 Å².